The quantitative estimate of drug-likeness (QED) is 0.677. The molecule has 17 heavy (non-hydrogen) atoms. The summed E-state index contributed by atoms with van der Waals surface area (Å²) in [5.74, 6) is 0. The third-order valence-electron chi connectivity index (χ3n) is 4.78. The molecule has 2 rings (SSSR count). The van der Waals surface area contributed by atoms with Crippen molar-refractivity contribution in [3.8, 4) is 0 Å². The van der Waals surface area contributed by atoms with E-state index in [-0.39, 0.29) is 0 Å². The van der Waals surface area contributed by atoms with Gasteiger partial charge in [-0.15, -0.1) is 0 Å². The summed E-state index contributed by atoms with van der Waals surface area (Å²) in [7, 11) is 0. The Morgan fingerprint density at radius 2 is 1.06 bits per heavy atom. The van der Waals surface area contributed by atoms with Gasteiger partial charge in [0.25, 0.3) is 0 Å². The molecule has 2 saturated heterocycles. The number of likely N-dealkylation sites (N-methyl/N-ethyl adjacent to an activating group) is 2. The Hall–Kier alpha value is -0.160. The van der Waals surface area contributed by atoms with Crippen molar-refractivity contribution in [2.45, 2.75) is 13.8 Å². The second kappa shape index (κ2) is 5.65. The normalized spacial score (nSPS) is 27.9. The molecular weight excluding hydrogens is 216 g/mol. The molecule has 100 valence electrons. The van der Waals surface area contributed by atoms with Gasteiger partial charge >= 0.3 is 0 Å². The van der Waals surface area contributed by atoms with Gasteiger partial charge in [0, 0.05) is 0 Å². The molecule has 0 saturated carbocycles. The number of hydrogen-bond donors (Lipinski definition) is 0. The molecule has 0 N–H and O–H groups in total. The molecule has 2 aliphatic rings. The van der Waals surface area contributed by atoms with Gasteiger partial charge in [-0.1, -0.05) is 0 Å². The average molecular weight is 244 g/mol. The van der Waals surface area contributed by atoms with Gasteiger partial charge in [0.1, 0.15) is 26.2 Å². The Morgan fingerprint density at radius 3 is 1.35 bits per heavy atom. The third-order valence-corrected chi connectivity index (χ3v) is 4.78. The fourth-order valence-electron chi connectivity index (χ4n) is 3.21. The average Bonchev–Trinajstić information content (AvgIpc) is 2.41. The number of nitrogens with zero attached hydrogens (tertiary/aromatic N) is 2. The van der Waals surface area contributed by atoms with E-state index in [1.54, 1.807) is 0 Å². The van der Waals surface area contributed by atoms with Crippen LogP contribution >= 0.6 is 0 Å². The molecule has 0 amide bonds. The molecule has 2 fully saturated rings. The second-order valence-electron chi connectivity index (χ2n) is 5.58. The SMILES string of the molecule is CC[N+]1(C[N+]2(CC)CCOCC2)CCOCC1. The van der Waals surface area contributed by atoms with Gasteiger partial charge in [-0.05, 0) is 13.8 Å². The van der Waals surface area contributed by atoms with Gasteiger partial charge in [-0.3, -0.25) is 8.97 Å². The number of hydrogen-bond acceptors (Lipinski definition) is 2. The number of quaternary nitrogens is 2. The zero-order valence-corrected chi connectivity index (χ0v) is 11.5. The lowest BCUT2D eigenvalue weighted by Gasteiger charge is -2.49. The molecule has 0 aromatic heterocycles. The molecule has 0 radical (unpaired) electrons. The molecule has 4 heteroatoms. The number of ether oxygens (including phenoxy) is 2. The fraction of sp³-hybridized carbons (Fsp3) is 1.00. The molecule has 0 aromatic carbocycles. The summed E-state index contributed by atoms with van der Waals surface area (Å²) in [6.45, 7) is 16.9. The minimum Gasteiger partial charge on any atom is -0.370 e. The largest absolute Gasteiger partial charge is 0.370 e. The molecule has 0 unspecified atom stereocenters. The van der Waals surface area contributed by atoms with Crippen LogP contribution in [0.4, 0.5) is 0 Å². The van der Waals surface area contributed by atoms with E-state index in [9.17, 15) is 0 Å². The van der Waals surface area contributed by atoms with Crippen LogP contribution in [0.2, 0.25) is 0 Å². The van der Waals surface area contributed by atoms with Crippen molar-refractivity contribution in [1.82, 2.24) is 0 Å². The van der Waals surface area contributed by atoms with E-state index in [4.69, 9.17) is 9.47 Å². The van der Waals surface area contributed by atoms with Gasteiger partial charge < -0.3 is 9.47 Å². The first kappa shape index (κ1) is 13.3. The number of morpholine rings is 2. The maximum absolute atomic E-state index is 5.54. The lowest BCUT2D eigenvalue weighted by Crippen LogP contribution is -2.68. The minimum absolute atomic E-state index is 0.939. The number of rotatable bonds is 4. The van der Waals surface area contributed by atoms with Gasteiger partial charge in [0.15, 0.2) is 0 Å². The van der Waals surface area contributed by atoms with E-state index in [1.807, 2.05) is 0 Å². The van der Waals surface area contributed by atoms with Crippen LogP contribution in [0.5, 0.6) is 0 Å². The third kappa shape index (κ3) is 2.99. The first-order valence-electron chi connectivity index (χ1n) is 7.10. The Kier molecular flexibility index (Phi) is 4.42. The highest BCUT2D eigenvalue weighted by molar-refractivity contribution is 4.51. The summed E-state index contributed by atoms with van der Waals surface area (Å²) in [5.41, 5.74) is 0. The van der Waals surface area contributed by atoms with E-state index >= 15 is 0 Å². The zero-order chi connectivity index (χ0) is 12.2. The summed E-state index contributed by atoms with van der Waals surface area (Å²) in [6.07, 6.45) is 0. The topological polar surface area (TPSA) is 18.5 Å². The molecule has 2 heterocycles. The molecule has 0 aromatic rings. The fourth-order valence-corrected chi connectivity index (χ4v) is 3.21. The van der Waals surface area contributed by atoms with Crippen LogP contribution in [0.15, 0.2) is 0 Å². The maximum Gasteiger partial charge on any atom is 0.207 e. The van der Waals surface area contributed by atoms with Crippen LogP contribution in [0, 0.1) is 0 Å². The van der Waals surface area contributed by atoms with Crippen LogP contribution in [0.3, 0.4) is 0 Å². The summed E-state index contributed by atoms with van der Waals surface area (Å²) >= 11 is 0. The lowest BCUT2D eigenvalue weighted by atomic mass is 10.2. The highest BCUT2D eigenvalue weighted by atomic mass is 16.5. The van der Waals surface area contributed by atoms with Crippen LogP contribution < -0.4 is 0 Å². The smallest absolute Gasteiger partial charge is 0.207 e. The Labute approximate surface area is 105 Å². The van der Waals surface area contributed by atoms with E-state index in [2.05, 4.69) is 13.8 Å². The van der Waals surface area contributed by atoms with Crippen molar-refractivity contribution >= 4 is 0 Å². The van der Waals surface area contributed by atoms with Gasteiger partial charge in [0.2, 0.25) is 6.67 Å². The summed E-state index contributed by atoms with van der Waals surface area (Å²) in [4.78, 5) is 0. The van der Waals surface area contributed by atoms with Crippen molar-refractivity contribution in [3.63, 3.8) is 0 Å². The first-order chi connectivity index (χ1) is 8.24. The summed E-state index contributed by atoms with van der Waals surface area (Å²) < 4.78 is 13.6. The maximum atomic E-state index is 5.54. The Morgan fingerprint density at radius 1 is 0.706 bits per heavy atom. The van der Waals surface area contributed by atoms with Crippen molar-refractivity contribution < 1.29 is 18.4 Å². The van der Waals surface area contributed by atoms with Gasteiger partial charge in [0.05, 0.1) is 39.5 Å². The molecule has 4 nitrogen and oxygen atoms in total. The monoisotopic (exact) mass is 244 g/mol. The van der Waals surface area contributed by atoms with Crippen LogP contribution in [0.1, 0.15) is 13.8 Å². The van der Waals surface area contributed by atoms with Crippen molar-refractivity contribution in [2.75, 3.05) is 72.4 Å². The molecule has 0 atom stereocenters. The van der Waals surface area contributed by atoms with Gasteiger partial charge in [-0.25, -0.2) is 0 Å². The van der Waals surface area contributed by atoms with E-state index in [0.717, 1.165) is 26.4 Å². The molecular formula is C13H28N2O2+2. The Bertz CT molecular complexity index is 210. The predicted octanol–water partition coefficient (Wildman–Crippen LogP) is 0.678. The summed E-state index contributed by atoms with van der Waals surface area (Å²) in [5, 5.41) is 0. The zero-order valence-electron chi connectivity index (χ0n) is 11.5. The second-order valence-corrected chi connectivity index (χ2v) is 5.58. The molecule has 2 aliphatic heterocycles. The Balaban J connectivity index is 2.04. The molecule has 0 bridgehead atoms. The van der Waals surface area contributed by atoms with Gasteiger partial charge in [-0.2, -0.15) is 0 Å². The van der Waals surface area contributed by atoms with E-state index in [0.29, 0.717) is 0 Å². The molecule has 0 aliphatic carbocycles. The van der Waals surface area contributed by atoms with E-state index in [1.165, 1.54) is 54.9 Å². The summed E-state index contributed by atoms with van der Waals surface area (Å²) in [6, 6.07) is 0. The lowest BCUT2D eigenvalue weighted by molar-refractivity contribution is -1.10. The minimum atomic E-state index is 0.939. The van der Waals surface area contributed by atoms with Crippen LogP contribution in [0.25, 0.3) is 0 Å². The highest BCUT2D eigenvalue weighted by Gasteiger charge is 2.40. The first-order valence-corrected chi connectivity index (χ1v) is 7.10. The molecule has 0 spiro atoms. The standard InChI is InChI=1S/C13H28N2O2/c1-3-14(5-9-16-10-6-14)13-15(4-2)7-11-17-12-8-15/h3-13H2,1-2H3/q+2. The van der Waals surface area contributed by atoms with Crippen molar-refractivity contribution in [1.29, 1.82) is 0 Å². The van der Waals surface area contributed by atoms with Crippen molar-refractivity contribution in [2.24, 2.45) is 0 Å². The van der Waals surface area contributed by atoms with Crippen molar-refractivity contribution in [3.05, 3.63) is 0 Å². The predicted molar refractivity (Wildman–Crippen MR) is 67.6 cm³/mol. The van der Waals surface area contributed by atoms with Crippen LogP contribution in [-0.4, -0.2) is 81.3 Å². The highest BCUT2D eigenvalue weighted by Crippen LogP contribution is 2.20. The van der Waals surface area contributed by atoms with E-state index < -0.39 is 0 Å². The van der Waals surface area contributed by atoms with Crippen LogP contribution in [-0.2, 0) is 9.47 Å².